The summed E-state index contributed by atoms with van der Waals surface area (Å²) in [6, 6.07) is -0.699. The Morgan fingerprint density at radius 2 is 1.43 bits per heavy atom. The number of carboxylic acids is 2. The summed E-state index contributed by atoms with van der Waals surface area (Å²) in [5.41, 5.74) is 5.27. The molecular weight excluding hydrogens is 270 g/mol. The van der Waals surface area contributed by atoms with Crippen molar-refractivity contribution in [1.29, 1.82) is 0 Å². The van der Waals surface area contributed by atoms with E-state index in [1.807, 2.05) is 13.8 Å². The highest BCUT2D eigenvalue weighted by Gasteiger charge is 2.17. The molecule has 5 nitrogen and oxygen atoms in total. The zero-order chi connectivity index (χ0) is 16.7. The smallest absolute Gasteiger partial charge is 0.320 e. The summed E-state index contributed by atoms with van der Waals surface area (Å²) in [5, 5.41) is 16.7. The first-order valence-corrected chi connectivity index (χ1v) is 8.06. The van der Waals surface area contributed by atoms with Crippen LogP contribution >= 0.6 is 0 Å². The zero-order valence-electron chi connectivity index (χ0n) is 13.8. The third-order valence-electron chi connectivity index (χ3n) is 3.54. The van der Waals surface area contributed by atoms with Gasteiger partial charge < -0.3 is 15.9 Å². The minimum absolute atomic E-state index is 0.0718. The van der Waals surface area contributed by atoms with Gasteiger partial charge in [-0.05, 0) is 12.3 Å². The Labute approximate surface area is 128 Å². The minimum Gasteiger partial charge on any atom is -0.481 e. The molecule has 0 bridgehead atoms. The SMILES string of the molecule is CCCCCCCCCC(=O)O.CC[C@H](C)[C@H](N)C(=O)O. The van der Waals surface area contributed by atoms with E-state index >= 15 is 0 Å². The van der Waals surface area contributed by atoms with E-state index in [9.17, 15) is 9.59 Å². The molecule has 21 heavy (non-hydrogen) atoms. The van der Waals surface area contributed by atoms with Crippen molar-refractivity contribution < 1.29 is 19.8 Å². The van der Waals surface area contributed by atoms with Gasteiger partial charge in [-0.15, -0.1) is 0 Å². The van der Waals surface area contributed by atoms with Gasteiger partial charge in [-0.2, -0.15) is 0 Å². The maximum absolute atomic E-state index is 10.2. The Morgan fingerprint density at radius 3 is 1.76 bits per heavy atom. The summed E-state index contributed by atoms with van der Waals surface area (Å²) in [4.78, 5) is 20.3. The van der Waals surface area contributed by atoms with E-state index in [-0.39, 0.29) is 5.92 Å². The maximum Gasteiger partial charge on any atom is 0.320 e. The number of carboxylic acid groups (broad SMARTS) is 2. The van der Waals surface area contributed by atoms with Crippen LogP contribution in [0.25, 0.3) is 0 Å². The van der Waals surface area contributed by atoms with Crippen LogP contribution in [-0.4, -0.2) is 28.2 Å². The second-order valence-electron chi connectivity index (χ2n) is 5.51. The van der Waals surface area contributed by atoms with Crippen LogP contribution in [0.1, 0.15) is 78.6 Å². The van der Waals surface area contributed by atoms with Gasteiger partial charge in [-0.25, -0.2) is 0 Å². The molecular formula is C16H33NO4. The van der Waals surface area contributed by atoms with Crippen molar-refractivity contribution in [2.24, 2.45) is 11.7 Å². The van der Waals surface area contributed by atoms with Crippen LogP contribution in [0.3, 0.4) is 0 Å². The summed E-state index contributed by atoms with van der Waals surface area (Å²) < 4.78 is 0. The fraction of sp³-hybridized carbons (Fsp3) is 0.875. The van der Waals surface area contributed by atoms with Gasteiger partial charge in [0.15, 0.2) is 0 Å². The van der Waals surface area contributed by atoms with Crippen LogP contribution in [-0.2, 0) is 9.59 Å². The molecule has 0 saturated carbocycles. The summed E-state index contributed by atoms with van der Waals surface area (Å²) >= 11 is 0. The maximum atomic E-state index is 10.2. The standard InChI is InChI=1S/C10H20O2.C6H13NO2/c1-2-3-4-5-6-7-8-9-10(11)12;1-3-4(2)5(7)6(8)9/h2-9H2,1H3,(H,11,12);4-5H,3,7H2,1-2H3,(H,8,9)/t;4-,5-/m.0/s1. The Morgan fingerprint density at radius 1 is 0.952 bits per heavy atom. The lowest BCUT2D eigenvalue weighted by molar-refractivity contribution is -0.140. The summed E-state index contributed by atoms with van der Waals surface area (Å²) in [6.45, 7) is 5.96. The highest BCUT2D eigenvalue weighted by atomic mass is 16.4. The molecule has 0 amide bonds. The molecule has 0 unspecified atom stereocenters. The molecule has 0 aliphatic heterocycles. The lowest BCUT2D eigenvalue weighted by Gasteiger charge is -2.11. The highest BCUT2D eigenvalue weighted by molar-refractivity contribution is 5.73. The van der Waals surface area contributed by atoms with Gasteiger partial charge in [0.25, 0.3) is 0 Å². The number of unbranched alkanes of at least 4 members (excludes halogenated alkanes) is 6. The van der Waals surface area contributed by atoms with Crippen molar-refractivity contribution in [3.63, 3.8) is 0 Å². The van der Waals surface area contributed by atoms with Crippen LogP contribution in [0.5, 0.6) is 0 Å². The normalized spacial score (nSPS) is 13.0. The molecule has 0 aromatic carbocycles. The second-order valence-corrected chi connectivity index (χ2v) is 5.51. The third-order valence-corrected chi connectivity index (χ3v) is 3.54. The van der Waals surface area contributed by atoms with Gasteiger partial charge in [0.1, 0.15) is 6.04 Å². The largest absolute Gasteiger partial charge is 0.481 e. The molecule has 0 spiro atoms. The Kier molecular flexibility index (Phi) is 16.2. The van der Waals surface area contributed by atoms with Gasteiger partial charge in [-0.3, -0.25) is 9.59 Å². The van der Waals surface area contributed by atoms with Gasteiger partial charge in [0, 0.05) is 6.42 Å². The van der Waals surface area contributed by atoms with E-state index in [0.717, 1.165) is 19.3 Å². The van der Waals surface area contributed by atoms with Gasteiger partial charge in [0.2, 0.25) is 0 Å². The summed E-state index contributed by atoms with van der Waals surface area (Å²) in [6.07, 6.45) is 9.46. The molecule has 0 aromatic rings. The first-order chi connectivity index (χ1) is 9.86. The van der Waals surface area contributed by atoms with E-state index < -0.39 is 18.0 Å². The molecule has 0 aliphatic rings. The Bertz CT molecular complexity index is 269. The monoisotopic (exact) mass is 303 g/mol. The molecule has 0 heterocycles. The minimum atomic E-state index is -0.913. The van der Waals surface area contributed by atoms with E-state index in [0.29, 0.717) is 6.42 Å². The molecule has 126 valence electrons. The van der Waals surface area contributed by atoms with E-state index in [4.69, 9.17) is 15.9 Å². The average molecular weight is 303 g/mol. The van der Waals surface area contributed by atoms with E-state index in [2.05, 4.69) is 6.92 Å². The lowest BCUT2D eigenvalue weighted by atomic mass is 10.0. The number of carbonyl (C=O) groups is 2. The molecule has 2 atom stereocenters. The number of hydrogen-bond donors (Lipinski definition) is 3. The Hall–Kier alpha value is -1.10. The predicted molar refractivity (Wildman–Crippen MR) is 85.3 cm³/mol. The van der Waals surface area contributed by atoms with Crippen molar-refractivity contribution in [1.82, 2.24) is 0 Å². The number of nitrogens with two attached hydrogens (primary N) is 1. The molecule has 0 radical (unpaired) electrons. The number of rotatable bonds is 11. The van der Waals surface area contributed by atoms with E-state index in [1.54, 1.807) is 0 Å². The highest BCUT2D eigenvalue weighted by Crippen LogP contribution is 2.08. The quantitative estimate of drug-likeness (QED) is 0.506. The molecule has 0 aliphatic carbocycles. The van der Waals surface area contributed by atoms with Crippen LogP contribution < -0.4 is 5.73 Å². The molecule has 0 rings (SSSR count). The molecule has 0 saturated heterocycles. The van der Waals surface area contributed by atoms with Crippen molar-refractivity contribution >= 4 is 11.9 Å². The lowest BCUT2D eigenvalue weighted by Crippen LogP contribution is -2.36. The fourth-order valence-corrected chi connectivity index (χ4v) is 1.73. The first kappa shape index (κ1) is 22.2. The van der Waals surface area contributed by atoms with Crippen molar-refractivity contribution in [3.8, 4) is 0 Å². The molecule has 4 N–H and O–H groups in total. The van der Waals surface area contributed by atoms with Crippen LogP contribution in [0.4, 0.5) is 0 Å². The van der Waals surface area contributed by atoms with E-state index in [1.165, 1.54) is 32.1 Å². The topological polar surface area (TPSA) is 101 Å². The predicted octanol–water partition coefficient (Wildman–Crippen LogP) is 3.66. The van der Waals surface area contributed by atoms with Gasteiger partial charge in [0.05, 0.1) is 0 Å². The fourth-order valence-electron chi connectivity index (χ4n) is 1.73. The first-order valence-electron chi connectivity index (χ1n) is 8.06. The van der Waals surface area contributed by atoms with Crippen molar-refractivity contribution in [3.05, 3.63) is 0 Å². The molecule has 5 heteroatoms. The Balaban J connectivity index is 0. The summed E-state index contributed by atoms with van der Waals surface area (Å²) in [5.74, 6) is -1.50. The number of aliphatic carboxylic acids is 2. The zero-order valence-corrected chi connectivity index (χ0v) is 13.8. The van der Waals surface area contributed by atoms with Crippen molar-refractivity contribution in [2.45, 2.75) is 84.6 Å². The summed E-state index contributed by atoms with van der Waals surface area (Å²) in [7, 11) is 0. The number of hydrogen-bond acceptors (Lipinski definition) is 3. The van der Waals surface area contributed by atoms with Crippen LogP contribution in [0.15, 0.2) is 0 Å². The van der Waals surface area contributed by atoms with Crippen LogP contribution in [0.2, 0.25) is 0 Å². The average Bonchev–Trinajstić information content (AvgIpc) is 2.45. The van der Waals surface area contributed by atoms with Crippen LogP contribution in [0, 0.1) is 5.92 Å². The third kappa shape index (κ3) is 16.8. The van der Waals surface area contributed by atoms with Crippen molar-refractivity contribution in [2.75, 3.05) is 0 Å². The molecule has 0 aromatic heterocycles. The second kappa shape index (κ2) is 15.3. The van der Waals surface area contributed by atoms with Gasteiger partial charge >= 0.3 is 11.9 Å². The molecule has 0 fully saturated rings. The van der Waals surface area contributed by atoms with Gasteiger partial charge in [-0.1, -0.05) is 65.7 Å².